The van der Waals surface area contributed by atoms with Crippen molar-refractivity contribution in [1.29, 1.82) is 5.26 Å². The smallest absolute Gasteiger partial charge is 0.221 e. The molecule has 1 aromatic carbocycles. The zero-order valence-corrected chi connectivity index (χ0v) is 12.7. The molecule has 0 bridgehead atoms. The number of nitrogens with one attached hydrogen (secondary N) is 1. The molecule has 0 spiro atoms. The number of aromatic nitrogens is 2. The molecule has 1 N–H and O–H groups in total. The molecule has 2 aromatic rings. The summed E-state index contributed by atoms with van der Waals surface area (Å²) in [5, 5.41) is 11.8. The first-order valence-electron chi connectivity index (χ1n) is 6.91. The topological polar surface area (TPSA) is 70.7 Å². The maximum absolute atomic E-state index is 11.6. The van der Waals surface area contributed by atoms with Crippen molar-refractivity contribution in [2.24, 2.45) is 0 Å². The molecule has 0 saturated heterocycles. The highest BCUT2D eigenvalue weighted by Crippen LogP contribution is 2.19. The first-order chi connectivity index (χ1) is 10.2. The van der Waals surface area contributed by atoms with Crippen LogP contribution in [0.1, 0.15) is 24.7 Å². The summed E-state index contributed by atoms with van der Waals surface area (Å²) >= 11 is 5.82. The summed E-state index contributed by atoms with van der Waals surface area (Å²) in [5.74, 6) is 1.32. The number of imidazole rings is 1. The van der Waals surface area contributed by atoms with E-state index >= 15 is 0 Å². The molecular formula is C15H17ClN4O. The molecule has 0 unspecified atom stereocenters. The van der Waals surface area contributed by atoms with Gasteiger partial charge in [0.05, 0.1) is 22.7 Å². The molecule has 0 fully saturated rings. The van der Waals surface area contributed by atoms with Crippen LogP contribution in [0.5, 0.6) is 0 Å². The Morgan fingerprint density at radius 1 is 1.52 bits per heavy atom. The summed E-state index contributed by atoms with van der Waals surface area (Å²) in [6.07, 6.45) is 1.01. The van der Waals surface area contributed by atoms with Crippen LogP contribution in [0, 0.1) is 11.3 Å². The van der Waals surface area contributed by atoms with Crippen molar-refractivity contribution < 1.29 is 4.79 Å². The maximum atomic E-state index is 11.6. The van der Waals surface area contributed by atoms with E-state index in [1.54, 1.807) is 12.1 Å². The van der Waals surface area contributed by atoms with E-state index in [1.165, 1.54) is 0 Å². The van der Waals surface area contributed by atoms with Crippen LogP contribution in [0.25, 0.3) is 11.0 Å². The third kappa shape index (κ3) is 3.53. The zero-order valence-electron chi connectivity index (χ0n) is 11.9. The lowest BCUT2D eigenvalue weighted by Crippen LogP contribution is -2.24. The number of hydrogen-bond acceptors (Lipinski definition) is 3. The summed E-state index contributed by atoms with van der Waals surface area (Å²) in [5.41, 5.74) is 2.28. The van der Waals surface area contributed by atoms with Gasteiger partial charge in [0.25, 0.3) is 0 Å². The summed E-state index contributed by atoms with van der Waals surface area (Å²) in [4.78, 5) is 16.2. The van der Waals surface area contributed by atoms with Gasteiger partial charge in [0.15, 0.2) is 0 Å². The van der Waals surface area contributed by atoms with Crippen molar-refractivity contribution in [3.05, 3.63) is 29.6 Å². The lowest BCUT2D eigenvalue weighted by Gasteiger charge is -2.08. The molecule has 0 saturated carbocycles. The minimum atomic E-state index is 0.00705. The van der Waals surface area contributed by atoms with E-state index < -0.39 is 0 Å². The van der Waals surface area contributed by atoms with Crippen LogP contribution in [-0.2, 0) is 17.8 Å². The van der Waals surface area contributed by atoms with Gasteiger partial charge in [-0.1, -0.05) is 0 Å². The maximum Gasteiger partial charge on any atom is 0.221 e. The fourth-order valence-corrected chi connectivity index (χ4v) is 2.43. The monoisotopic (exact) mass is 304 g/mol. The van der Waals surface area contributed by atoms with Crippen molar-refractivity contribution in [3.63, 3.8) is 0 Å². The van der Waals surface area contributed by atoms with Crippen LogP contribution in [-0.4, -0.2) is 27.9 Å². The van der Waals surface area contributed by atoms with Crippen LogP contribution in [0.4, 0.5) is 0 Å². The normalized spacial score (nSPS) is 10.5. The van der Waals surface area contributed by atoms with Gasteiger partial charge in [-0.05, 0) is 25.1 Å². The standard InChI is InChI=1S/C15H17ClN4O/c1-2-18-15(21)6-8-20-13-9-11(10-17)3-4-12(13)19-14(20)5-7-16/h3-4,9H,2,5-8H2,1H3,(H,18,21). The highest BCUT2D eigenvalue weighted by Gasteiger charge is 2.12. The number of hydrogen-bond donors (Lipinski definition) is 1. The second kappa shape index (κ2) is 7.09. The summed E-state index contributed by atoms with van der Waals surface area (Å²) in [7, 11) is 0. The van der Waals surface area contributed by atoms with Crippen molar-refractivity contribution >= 4 is 28.5 Å². The van der Waals surface area contributed by atoms with Gasteiger partial charge in [-0.2, -0.15) is 5.26 Å². The van der Waals surface area contributed by atoms with Crippen LogP contribution < -0.4 is 5.32 Å². The Morgan fingerprint density at radius 2 is 2.33 bits per heavy atom. The molecule has 0 atom stereocenters. The fourth-order valence-electron chi connectivity index (χ4n) is 2.27. The summed E-state index contributed by atoms with van der Waals surface area (Å²) < 4.78 is 1.98. The van der Waals surface area contributed by atoms with Crippen molar-refractivity contribution in [3.8, 4) is 6.07 Å². The molecule has 2 rings (SSSR count). The molecule has 1 heterocycles. The molecule has 0 aliphatic heterocycles. The number of amides is 1. The quantitative estimate of drug-likeness (QED) is 0.832. The molecule has 0 aliphatic carbocycles. The average molecular weight is 305 g/mol. The lowest BCUT2D eigenvalue weighted by atomic mass is 10.2. The second-order valence-corrected chi connectivity index (χ2v) is 5.02. The van der Waals surface area contributed by atoms with E-state index in [9.17, 15) is 4.79 Å². The van der Waals surface area contributed by atoms with Crippen molar-refractivity contribution in [1.82, 2.24) is 14.9 Å². The number of aryl methyl sites for hydroxylation is 2. The van der Waals surface area contributed by atoms with Crippen LogP contribution >= 0.6 is 11.6 Å². The van der Waals surface area contributed by atoms with Crippen molar-refractivity contribution in [2.45, 2.75) is 26.3 Å². The highest BCUT2D eigenvalue weighted by molar-refractivity contribution is 6.17. The predicted molar refractivity (Wildman–Crippen MR) is 82.2 cm³/mol. The fraction of sp³-hybridized carbons (Fsp3) is 0.400. The van der Waals surface area contributed by atoms with Gasteiger partial charge >= 0.3 is 0 Å². The molecule has 6 heteroatoms. The van der Waals surface area contributed by atoms with Gasteiger partial charge in [0, 0.05) is 31.8 Å². The number of rotatable bonds is 6. The van der Waals surface area contributed by atoms with Gasteiger partial charge in [-0.3, -0.25) is 4.79 Å². The van der Waals surface area contributed by atoms with Crippen LogP contribution in [0.3, 0.4) is 0 Å². The van der Waals surface area contributed by atoms with E-state index in [2.05, 4.69) is 16.4 Å². The Morgan fingerprint density at radius 3 is 3.00 bits per heavy atom. The molecule has 1 amide bonds. The molecule has 5 nitrogen and oxygen atoms in total. The van der Waals surface area contributed by atoms with E-state index in [0.717, 1.165) is 16.9 Å². The molecule has 1 aromatic heterocycles. The largest absolute Gasteiger partial charge is 0.356 e. The van der Waals surface area contributed by atoms with Gasteiger partial charge in [0.1, 0.15) is 5.82 Å². The number of alkyl halides is 1. The summed E-state index contributed by atoms with van der Waals surface area (Å²) in [6.45, 7) is 3.04. The average Bonchev–Trinajstić information content (AvgIpc) is 2.82. The Hall–Kier alpha value is -2.06. The zero-order chi connectivity index (χ0) is 15.2. The SMILES string of the molecule is CCNC(=O)CCn1c(CCCl)nc2ccc(C#N)cc21. The summed E-state index contributed by atoms with van der Waals surface area (Å²) in [6, 6.07) is 7.50. The van der Waals surface area contributed by atoms with E-state index in [4.69, 9.17) is 16.9 Å². The van der Waals surface area contributed by atoms with Gasteiger partial charge in [-0.25, -0.2) is 4.98 Å². The van der Waals surface area contributed by atoms with E-state index in [1.807, 2.05) is 17.6 Å². The number of nitriles is 1. The lowest BCUT2D eigenvalue weighted by molar-refractivity contribution is -0.121. The molecule has 0 aliphatic rings. The third-order valence-electron chi connectivity index (χ3n) is 3.21. The number of fused-ring (bicyclic) bond motifs is 1. The van der Waals surface area contributed by atoms with Crippen LogP contribution in [0.2, 0.25) is 0 Å². The molecule has 0 radical (unpaired) electrons. The second-order valence-electron chi connectivity index (χ2n) is 4.64. The van der Waals surface area contributed by atoms with Gasteiger partial charge in [-0.15, -0.1) is 11.6 Å². The Labute approximate surface area is 128 Å². The molecule has 21 heavy (non-hydrogen) atoms. The highest BCUT2D eigenvalue weighted by atomic mass is 35.5. The van der Waals surface area contributed by atoms with Crippen molar-refractivity contribution in [2.75, 3.05) is 12.4 Å². The number of nitrogens with zero attached hydrogens (tertiary/aromatic N) is 3. The van der Waals surface area contributed by atoms with E-state index in [0.29, 0.717) is 37.4 Å². The first-order valence-corrected chi connectivity index (χ1v) is 7.45. The van der Waals surface area contributed by atoms with Gasteiger partial charge in [0.2, 0.25) is 5.91 Å². The first kappa shape index (κ1) is 15.3. The molecule has 110 valence electrons. The van der Waals surface area contributed by atoms with E-state index in [-0.39, 0.29) is 5.91 Å². The Balaban J connectivity index is 2.35. The third-order valence-corrected chi connectivity index (χ3v) is 3.40. The number of benzene rings is 1. The van der Waals surface area contributed by atoms with Crippen LogP contribution in [0.15, 0.2) is 18.2 Å². The minimum absolute atomic E-state index is 0.00705. The number of carbonyl (C=O) groups excluding carboxylic acids is 1. The number of carbonyl (C=O) groups is 1. The van der Waals surface area contributed by atoms with Gasteiger partial charge < -0.3 is 9.88 Å². The number of halogens is 1. The predicted octanol–water partition coefficient (Wildman–Crippen LogP) is 2.22. The molecular weight excluding hydrogens is 288 g/mol. The minimum Gasteiger partial charge on any atom is -0.356 e. The Bertz CT molecular complexity index is 687. The Kier molecular flexibility index (Phi) is 5.18.